The lowest BCUT2D eigenvalue weighted by Crippen LogP contribution is -2.13. The van der Waals surface area contributed by atoms with Gasteiger partial charge in [0.25, 0.3) is 0 Å². The molecule has 2 nitrogen and oxygen atoms in total. The molecule has 0 radical (unpaired) electrons. The van der Waals surface area contributed by atoms with Gasteiger partial charge in [0.1, 0.15) is 11.6 Å². The van der Waals surface area contributed by atoms with Gasteiger partial charge >= 0.3 is 0 Å². The molecule has 3 heteroatoms. The minimum absolute atomic E-state index is 0.229. The van der Waals surface area contributed by atoms with Crippen LogP contribution in [0.5, 0.6) is 5.75 Å². The molecule has 1 aliphatic rings. The zero-order valence-corrected chi connectivity index (χ0v) is 18.0. The Morgan fingerprint density at radius 2 is 1.66 bits per heavy atom. The van der Waals surface area contributed by atoms with Crippen LogP contribution in [-0.2, 0) is 4.74 Å². The molecule has 29 heavy (non-hydrogen) atoms. The van der Waals surface area contributed by atoms with Gasteiger partial charge in [-0.2, -0.15) is 0 Å². The van der Waals surface area contributed by atoms with Crippen LogP contribution in [0.4, 0.5) is 4.39 Å². The minimum atomic E-state index is -0.229. The van der Waals surface area contributed by atoms with Crippen LogP contribution in [0.1, 0.15) is 69.8 Å². The van der Waals surface area contributed by atoms with E-state index in [4.69, 9.17) is 9.47 Å². The molecule has 3 rings (SSSR count). The third kappa shape index (κ3) is 6.30. The molecule has 0 aliphatic heterocycles. The number of rotatable bonds is 10. The van der Waals surface area contributed by atoms with Crippen molar-refractivity contribution in [2.45, 2.75) is 64.2 Å². The predicted molar refractivity (Wildman–Crippen MR) is 118 cm³/mol. The summed E-state index contributed by atoms with van der Waals surface area (Å²) in [7, 11) is 1.69. The summed E-state index contributed by atoms with van der Waals surface area (Å²) in [5.41, 5.74) is 2.97. The van der Waals surface area contributed by atoms with Gasteiger partial charge in [-0.1, -0.05) is 44.0 Å². The van der Waals surface area contributed by atoms with Crippen LogP contribution in [0.15, 0.2) is 42.5 Å². The summed E-state index contributed by atoms with van der Waals surface area (Å²) >= 11 is 0. The lowest BCUT2D eigenvalue weighted by Gasteiger charge is -2.28. The number of hydrogen-bond acceptors (Lipinski definition) is 2. The molecule has 2 aromatic rings. The van der Waals surface area contributed by atoms with E-state index in [0.29, 0.717) is 23.8 Å². The van der Waals surface area contributed by atoms with Gasteiger partial charge in [0.15, 0.2) is 0 Å². The Morgan fingerprint density at radius 3 is 2.31 bits per heavy atom. The molecule has 0 aromatic heterocycles. The van der Waals surface area contributed by atoms with E-state index in [9.17, 15) is 4.39 Å². The van der Waals surface area contributed by atoms with Crippen LogP contribution in [0.3, 0.4) is 0 Å². The van der Waals surface area contributed by atoms with Gasteiger partial charge in [0, 0.05) is 25.3 Å². The Hall–Kier alpha value is -1.87. The molecule has 2 aromatic carbocycles. The van der Waals surface area contributed by atoms with Gasteiger partial charge < -0.3 is 9.47 Å². The van der Waals surface area contributed by atoms with E-state index in [2.05, 4.69) is 31.2 Å². The quantitative estimate of drug-likeness (QED) is 0.389. The van der Waals surface area contributed by atoms with Crippen LogP contribution in [0, 0.1) is 11.7 Å². The fourth-order valence-electron chi connectivity index (χ4n) is 4.49. The first kappa shape index (κ1) is 21.8. The first-order valence-electron chi connectivity index (χ1n) is 11.2. The van der Waals surface area contributed by atoms with E-state index in [1.807, 2.05) is 12.1 Å². The third-order valence-corrected chi connectivity index (χ3v) is 6.19. The number of hydrogen-bond donors (Lipinski definition) is 0. The first-order valence-corrected chi connectivity index (χ1v) is 11.2. The first-order chi connectivity index (χ1) is 14.2. The van der Waals surface area contributed by atoms with Crippen molar-refractivity contribution < 1.29 is 13.9 Å². The SMILES string of the molecule is CCCC1CCC(c2ccc(-c3ccc(OCCCCOC)cc3F)cc2)CC1. The highest BCUT2D eigenvalue weighted by Gasteiger charge is 2.21. The molecule has 1 saturated carbocycles. The summed E-state index contributed by atoms with van der Waals surface area (Å²) in [4.78, 5) is 0. The summed E-state index contributed by atoms with van der Waals surface area (Å²) in [5.74, 6) is 1.94. The average molecular weight is 399 g/mol. The maximum Gasteiger partial charge on any atom is 0.134 e. The van der Waals surface area contributed by atoms with Crippen molar-refractivity contribution >= 4 is 0 Å². The second-order valence-corrected chi connectivity index (χ2v) is 8.32. The summed E-state index contributed by atoms with van der Waals surface area (Å²) in [5, 5.41) is 0. The zero-order valence-electron chi connectivity index (χ0n) is 18.0. The Bertz CT molecular complexity index is 733. The van der Waals surface area contributed by atoms with Crippen LogP contribution in [-0.4, -0.2) is 20.3 Å². The van der Waals surface area contributed by atoms with E-state index >= 15 is 0 Å². The molecule has 0 N–H and O–H groups in total. The minimum Gasteiger partial charge on any atom is -0.493 e. The zero-order chi connectivity index (χ0) is 20.5. The van der Waals surface area contributed by atoms with Crippen molar-refractivity contribution in [3.05, 3.63) is 53.8 Å². The largest absolute Gasteiger partial charge is 0.493 e. The van der Waals surface area contributed by atoms with Gasteiger partial charge in [0.05, 0.1) is 6.61 Å². The van der Waals surface area contributed by atoms with Crippen LogP contribution < -0.4 is 4.74 Å². The fourth-order valence-corrected chi connectivity index (χ4v) is 4.49. The predicted octanol–water partition coefficient (Wildman–Crippen LogP) is 7.37. The van der Waals surface area contributed by atoms with Crippen molar-refractivity contribution in [1.82, 2.24) is 0 Å². The van der Waals surface area contributed by atoms with E-state index in [1.54, 1.807) is 7.11 Å². The molecule has 0 bridgehead atoms. The van der Waals surface area contributed by atoms with E-state index in [1.165, 1.54) is 50.2 Å². The molecule has 1 aliphatic carbocycles. The average Bonchev–Trinajstić information content (AvgIpc) is 2.75. The highest BCUT2D eigenvalue weighted by molar-refractivity contribution is 5.65. The highest BCUT2D eigenvalue weighted by atomic mass is 19.1. The Labute approximate surface area is 175 Å². The maximum atomic E-state index is 14.6. The topological polar surface area (TPSA) is 18.5 Å². The lowest BCUT2D eigenvalue weighted by molar-refractivity contribution is 0.184. The molecule has 0 saturated heterocycles. The fraction of sp³-hybridized carbons (Fsp3) is 0.538. The van der Waals surface area contributed by atoms with Crippen molar-refractivity contribution in [2.75, 3.05) is 20.3 Å². The molecule has 0 unspecified atom stereocenters. The molecule has 1 fully saturated rings. The summed E-state index contributed by atoms with van der Waals surface area (Å²) < 4.78 is 25.3. The molecule has 0 spiro atoms. The number of halogens is 1. The van der Waals surface area contributed by atoms with Crippen molar-refractivity contribution in [1.29, 1.82) is 0 Å². The Balaban J connectivity index is 1.57. The van der Waals surface area contributed by atoms with E-state index in [-0.39, 0.29) is 5.82 Å². The molecule has 0 atom stereocenters. The van der Waals surface area contributed by atoms with Crippen LogP contribution >= 0.6 is 0 Å². The second-order valence-electron chi connectivity index (χ2n) is 8.32. The monoisotopic (exact) mass is 398 g/mol. The molecular weight excluding hydrogens is 363 g/mol. The van der Waals surface area contributed by atoms with E-state index < -0.39 is 0 Å². The normalized spacial score (nSPS) is 19.3. The standard InChI is InChI=1S/C26H35FO2/c1-3-6-20-7-9-21(10-8-20)22-11-13-23(14-12-22)25-16-15-24(19-26(25)27)29-18-5-4-17-28-2/h11-16,19-21H,3-10,17-18H2,1-2H3. The van der Waals surface area contributed by atoms with Gasteiger partial charge in [-0.3, -0.25) is 0 Å². The number of ether oxygens (including phenoxy) is 2. The number of methoxy groups -OCH3 is 1. The molecule has 0 amide bonds. The van der Waals surface area contributed by atoms with Gasteiger partial charge in [-0.25, -0.2) is 4.39 Å². The third-order valence-electron chi connectivity index (χ3n) is 6.19. The van der Waals surface area contributed by atoms with Crippen molar-refractivity contribution in [3.63, 3.8) is 0 Å². The molecule has 158 valence electrons. The van der Waals surface area contributed by atoms with Gasteiger partial charge in [-0.15, -0.1) is 0 Å². The lowest BCUT2D eigenvalue weighted by atomic mass is 9.77. The second kappa shape index (κ2) is 11.3. The van der Waals surface area contributed by atoms with Gasteiger partial charge in [0.2, 0.25) is 0 Å². The Morgan fingerprint density at radius 1 is 0.931 bits per heavy atom. The van der Waals surface area contributed by atoms with Crippen molar-refractivity contribution in [2.24, 2.45) is 5.92 Å². The summed E-state index contributed by atoms with van der Waals surface area (Å²) in [6, 6.07) is 13.7. The smallest absolute Gasteiger partial charge is 0.134 e. The summed E-state index contributed by atoms with van der Waals surface area (Å²) in [6.45, 7) is 3.59. The van der Waals surface area contributed by atoms with Gasteiger partial charge in [-0.05, 0) is 73.6 Å². The maximum absolute atomic E-state index is 14.6. The number of benzene rings is 2. The molecule has 0 heterocycles. The Kier molecular flexibility index (Phi) is 8.54. The van der Waals surface area contributed by atoms with Crippen LogP contribution in [0.2, 0.25) is 0 Å². The highest BCUT2D eigenvalue weighted by Crippen LogP contribution is 2.38. The van der Waals surface area contributed by atoms with E-state index in [0.717, 1.165) is 30.9 Å². The summed E-state index contributed by atoms with van der Waals surface area (Å²) in [6.07, 6.45) is 9.79. The van der Waals surface area contributed by atoms with Crippen LogP contribution in [0.25, 0.3) is 11.1 Å². The molecular formula is C26H35FO2. The van der Waals surface area contributed by atoms with Crippen molar-refractivity contribution in [3.8, 4) is 16.9 Å². The number of unbranched alkanes of at least 4 members (excludes halogenated alkanes) is 1.